The van der Waals surface area contributed by atoms with E-state index in [0.717, 1.165) is 32.2 Å². The number of nitrogens with two attached hydrogens (primary N) is 1. The molecule has 0 unspecified atom stereocenters. The Hall–Kier alpha value is -1.36. The van der Waals surface area contributed by atoms with Crippen molar-refractivity contribution in [2.75, 3.05) is 13.1 Å². The monoisotopic (exact) mass is 250 g/mol. The second-order valence-corrected chi connectivity index (χ2v) is 4.87. The van der Waals surface area contributed by atoms with Gasteiger partial charge >= 0.3 is 0 Å². The minimum absolute atomic E-state index is 0.0710. The number of hydrogen-bond donors (Lipinski definition) is 1. The van der Waals surface area contributed by atoms with Gasteiger partial charge in [-0.3, -0.25) is 4.79 Å². The predicted octanol–water partition coefficient (Wildman–Crippen LogP) is 1.25. The van der Waals surface area contributed by atoms with Gasteiger partial charge in [-0.1, -0.05) is 13.3 Å². The van der Waals surface area contributed by atoms with Crippen LogP contribution in [0.4, 0.5) is 0 Å². The fraction of sp³-hybridized carbons (Fsp3) is 0.692. The highest BCUT2D eigenvalue weighted by Crippen LogP contribution is 2.28. The highest BCUT2D eigenvalue weighted by Gasteiger charge is 2.33. The van der Waals surface area contributed by atoms with E-state index in [1.165, 1.54) is 0 Å². The molecule has 100 valence electrons. The molecule has 1 aliphatic rings. The maximum Gasteiger partial charge on any atom is 0.274 e. The van der Waals surface area contributed by atoms with Crippen molar-refractivity contribution in [1.82, 2.24) is 14.5 Å². The number of unbranched alkanes of at least 4 members (excludes halogenated alkanes) is 1. The second kappa shape index (κ2) is 6.00. The first kappa shape index (κ1) is 13.1. The smallest absolute Gasteiger partial charge is 0.274 e. The third kappa shape index (κ3) is 3.10. The number of amides is 1. The van der Waals surface area contributed by atoms with E-state index >= 15 is 0 Å². The van der Waals surface area contributed by atoms with Crippen LogP contribution >= 0.6 is 0 Å². The second-order valence-electron chi connectivity index (χ2n) is 4.87. The third-order valence-electron chi connectivity index (χ3n) is 3.24. The van der Waals surface area contributed by atoms with E-state index in [9.17, 15) is 4.79 Å². The summed E-state index contributed by atoms with van der Waals surface area (Å²) in [6.07, 6.45) is 7.93. The first-order valence-electron chi connectivity index (χ1n) is 6.79. The van der Waals surface area contributed by atoms with Crippen molar-refractivity contribution in [3.05, 3.63) is 18.2 Å². The molecule has 0 aromatic carbocycles. The number of carbonyl (C=O) groups excluding carboxylic acids is 1. The van der Waals surface area contributed by atoms with Crippen LogP contribution in [0.25, 0.3) is 0 Å². The third-order valence-corrected chi connectivity index (χ3v) is 3.24. The van der Waals surface area contributed by atoms with Crippen molar-refractivity contribution in [2.45, 2.75) is 45.2 Å². The number of nitrogens with zero attached hydrogens (tertiary/aromatic N) is 3. The van der Waals surface area contributed by atoms with Gasteiger partial charge in [0.05, 0.1) is 6.33 Å². The summed E-state index contributed by atoms with van der Waals surface area (Å²) in [4.78, 5) is 18.5. The van der Waals surface area contributed by atoms with Gasteiger partial charge in [-0.25, -0.2) is 4.98 Å². The zero-order valence-corrected chi connectivity index (χ0v) is 11.0. The summed E-state index contributed by atoms with van der Waals surface area (Å²) in [7, 11) is 0. The van der Waals surface area contributed by atoms with E-state index in [4.69, 9.17) is 5.73 Å². The fourth-order valence-corrected chi connectivity index (χ4v) is 2.05. The van der Waals surface area contributed by atoms with Crippen molar-refractivity contribution in [2.24, 2.45) is 5.73 Å². The molecule has 0 bridgehead atoms. The molecule has 0 atom stereocenters. The molecule has 2 N–H and O–H groups in total. The molecule has 5 nitrogen and oxygen atoms in total. The zero-order valence-electron chi connectivity index (χ0n) is 11.0. The van der Waals surface area contributed by atoms with Gasteiger partial charge in [0.1, 0.15) is 5.69 Å². The summed E-state index contributed by atoms with van der Waals surface area (Å²) in [5, 5.41) is 0. The van der Waals surface area contributed by atoms with Crippen LogP contribution < -0.4 is 5.73 Å². The van der Waals surface area contributed by atoms with Crippen molar-refractivity contribution in [3.63, 3.8) is 0 Å². The average molecular weight is 250 g/mol. The molecule has 18 heavy (non-hydrogen) atoms. The van der Waals surface area contributed by atoms with Gasteiger partial charge < -0.3 is 15.2 Å². The highest BCUT2D eigenvalue weighted by molar-refractivity contribution is 5.92. The summed E-state index contributed by atoms with van der Waals surface area (Å²) in [5.41, 5.74) is 6.03. The van der Waals surface area contributed by atoms with Crippen LogP contribution in [-0.4, -0.2) is 39.5 Å². The Bertz CT molecular complexity index is 397. The van der Waals surface area contributed by atoms with E-state index in [0.29, 0.717) is 24.8 Å². The molecule has 1 fully saturated rings. The molecule has 0 radical (unpaired) electrons. The van der Waals surface area contributed by atoms with Crippen LogP contribution in [0.1, 0.15) is 43.1 Å². The summed E-state index contributed by atoms with van der Waals surface area (Å²) in [5.74, 6) is 0.0710. The number of aromatic nitrogens is 2. The molecule has 1 aromatic heterocycles. The van der Waals surface area contributed by atoms with Gasteiger partial charge in [0.2, 0.25) is 0 Å². The molecule has 0 aliphatic heterocycles. The van der Waals surface area contributed by atoms with Gasteiger partial charge in [-0.15, -0.1) is 0 Å². The van der Waals surface area contributed by atoms with E-state index in [1.807, 2.05) is 9.47 Å². The molecule has 1 aromatic rings. The lowest BCUT2D eigenvalue weighted by Crippen LogP contribution is -2.34. The Kier molecular flexibility index (Phi) is 4.36. The largest absolute Gasteiger partial charge is 0.335 e. The number of hydrogen-bond acceptors (Lipinski definition) is 3. The maximum absolute atomic E-state index is 12.4. The highest BCUT2D eigenvalue weighted by atomic mass is 16.2. The molecular formula is C13H22N4O. The SMILES string of the molecule is CCCCN(C(=O)c1cn(CCN)cn1)C1CC1. The lowest BCUT2D eigenvalue weighted by atomic mass is 10.3. The van der Waals surface area contributed by atoms with E-state index in [1.54, 1.807) is 12.5 Å². The number of rotatable bonds is 7. The van der Waals surface area contributed by atoms with Gasteiger partial charge in [0.25, 0.3) is 5.91 Å². The fourth-order valence-electron chi connectivity index (χ4n) is 2.05. The van der Waals surface area contributed by atoms with E-state index in [-0.39, 0.29) is 5.91 Å². The Labute approximate surface area is 108 Å². The topological polar surface area (TPSA) is 64.2 Å². The normalized spacial score (nSPS) is 14.8. The van der Waals surface area contributed by atoms with Crippen LogP contribution in [0.2, 0.25) is 0 Å². The standard InChI is InChI=1S/C13H22N4O/c1-2-3-7-17(11-4-5-11)13(18)12-9-16(8-6-14)10-15-12/h9-11H,2-8,14H2,1H3. The molecular weight excluding hydrogens is 228 g/mol. The van der Waals surface area contributed by atoms with Crippen molar-refractivity contribution >= 4 is 5.91 Å². The molecule has 1 aliphatic carbocycles. The van der Waals surface area contributed by atoms with Crippen LogP contribution in [0.3, 0.4) is 0 Å². The van der Waals surface area contributed by atoms with Gasteiger partial charge in [-0.05, 0) is 19.3 Å². The summed E-state index contributed by atoms with van der Waals surface area (Å²) in [6.45, 7) is 4.26. The Morgan fingerprint density at radius 2 is 2.39 bits per heavy atom. The van der Waals surface area contributed by atoms with E-state index < -0.39 is 0 Å². The molecule has 0 saturated heterocycles. The van der Waals surface area contributed by atoms with Gasteiger partial charge in [-0.2, -0.15) is 0 Å². The number of carbonyl (C=O) groups is 1. The van der Waals surface area contributed by atoms with Crippen LogP contribution in [0.15, 0.2) is 12.5 Å². The van der Waals surface area contributed by atoms with Gasteiger partial charge in [0.15, 0.2) is 0 Å². The van der Waals surface area contributed by atoms with Crippen LogP contribution in [0.5, 0.6) is 0 Å². The lowest BCUT2D eigenvalue weighted by molar-refractivity contribution is 0.0735. The minimum Gasteiger partial charge on any atom is -0.335 e. The average Bonchev–Trinajstić information content (AvgIpc) is 3.09. The van der Waals surface area contributed by atoms with E-state index in [2.05, 4.69) is 11.9 Å². The van der Waals surface area contributed by atoms with Crippen molar-refractivity contribution in [3.8, 4) is 0 Å². The van der Waals surface area contributed by atoms with Crippen LogP contribution in [0, 0.1) is 0 Å². The molecule has 0 spiro atoms. The molecule has 2 rings (SSSR count). The maximum atomic E-state index is 12.4. The lowest BCUT2D eigenvalue weighted by Gasteiger charge is -2.21. The van der Waals surface area contributed by atoms with Crippen molar-refractivity contribution < 1.29 is 4.79 Å². The minimum atomic E-state index is 0.0710. The molecule has 1 amide bonds. The Balaban J connectivity index is 2.01. The molecule has 5 heteroatoms. The molecule has 1 heterocycles. The Morgan fingerprint density at radius 1 is 1.61 bits per heavy atom. The van der Waals surface area contributed by atoms with Gasteiger partial charge in [0, 0.05) is 31.9 Å². The zero-order chi connectivity index (χ0) is 13.0. The van der Waals surface area contributed by atoms with Crippen LogP contribution in [-0.2, 0) is 6.54 Å². The number of imidazole rings is 1. The predicted molar refractivity (Wildman–Crippen MR) is 70.2 cm³/mol. The summed E-state index contributed by atoms with van der Waals surface area (Å²) >= 11 is 0. The quantitative estimate of drug-likeness (QED) is 0.792. The first-order valence-corrected chi connectivity index (χ1v) is 6.79. The molecule has 1 saturated carbocycles. The summed E-state index contributed by atoms with van der Waals surface area (Å²) < 4.78 is 1.87. The first-order chi connectivity index (χ1) is 8.76. The Morgan fingerprint density at radius 3 is 3.00 bits per heavy atom. The summed E-state index contributed by atoms with van der Waals surface area (Å²) in [6, 6.07) is 0.448. The van der Waals surface area contributed by atoms with Crippen molar-refractivity contribution in [1.29, 1.82) is 0 Å².